The number of amides is 1. The molecule has 0 atom stereocenters. The lowest BCUT2D eigenvalue weighted by atomic mass is 10.1. The van der Waals surface area contributed by atoms with Gasteiger partial charge in [0.05, 0.1) is 19.2 Å². The summed E-state index contributed by atoms with van der Waals surface area (Å²) >= 11 is 7.71. The Morgan fingerprint density at radius 2 is 2.24 bits per heavy atom. The first-order valence-corrected chi connectivity index (χ1v) is 8.11. The van der Waals surface area contributed by atoms with Crippen LogP contribution in [-0.4, -0.2) is 24.0 Å². The largest absolute Gasteiger partial charge is 0.496 e. The molecule has 5 heteroatoms. The van der Waals surface area contributed by atoms with Crippen molar-refractivity contribution in [3.05, 3.63) is 51.2 Å². The lowest BCUT2D eigenvalue weighted by Crippen LogP contribution is -2.32. The van der Waals surface area contributed by atoms with E-state index < -0.39 is 0 Å². The molecule has 1 heterocycles. The van der Waals surface area contributed by atoms with Crippen molar-refractivity contribution < 1.29 is 9.53 Å². The molecule has 3 nitrogen and oxygen atoms in total. The van der Waals surface area contributed by atoms with E-state index in [-0.39, 0.29) is 5.91 Å². The van der Waals surface area contributed by atoms with Gasteiger partial charge in [-0.05, 0) is 42.5 Å². The molecule has 0 bridgehead atoms. The van der Waals surface area contributed by atoms with Crippen molar-refractivity contribution >= 4 is 28.8 Å². The van der Waals surface area contributed by atoms with Crippen LogP contribution in [0.5, 0.6) is 5.75 Å². The molecule has 0 spiro atoms. The third kappa shape index (κ3) is 3.22. The van der Waals surface area contributed by atoms with Gasteiger partial charge in [-0.3, -0.25) is 4.79 Å². The van der Waals surface area contributed by atoms with Crippen molar-refractivity contribution in [1.29, 1.82) is 0 Å². The summed E-state index contributed by atoms with van der Waals surface area (Å²) in [5, 5.41) is 2.58. The van der Waals surface area contributed by atoms with E-state index >= 15 is 0 Å². The number of carbonyl (C=O) groups excluding carboxylic acids is 1. The molecule has 21 heavy (non-hydrogen) atoms. The van der Waals surface area contributed by atoms with Crippen LogP contribution in [0.25, 0.3) is 0 Å². The van der Waals surface area contributed by atoms with E-state index in [0.29, 0.717) is 28.9 Å². The van der Waals surface area contributed by atoms with Crippen LogP contribution in [0.3, 0.4) is 0 Å². The SMILES string of the molecule is COc1ccc(Cl)cc1C(=O)N(Cc1cccs1)C1CC1. The van der Waals surface area contributed by atoms with E-state index in [1.165, 1.54) is 4.88 Å². The summed E-state index contributed by atoms with van der Waals surface area (Å²) in [6.07, 6.45) is 2.14. The summed E-state index contributed by atoms with van der Waals surface area (Å²) in [7, 11) is 1.57. The number of hydrogen-bond donors (Lipinski definition) is 0. The van der Waals surface area contributed by atoms with Crippen molar-refractivity contribution in [2.75, 3.05) is 7.11 Å². The quantitative estimate of drug-likeness (QED) is 0.825. The topological polar surface area (TPSA) is 29.5 Å². The van der Waals surface area contributed by atoms with E-state index in [1.807, 2.05) is 16.3 Å². The molecule has 2 aromatic rings. The second kappa shape index (κ2) is 6.08. The highest BCUT2D eigenvalue weighted by Gasteiger charge is 2.34. The van der Waals surface area contributed by atoms with Gasteiger partial charge in [0, 0.05) is 15.9 Å². The van der Waals surface area contributed by atoms with Crippen LogP contribution in [0.4, 0.5) is 0 Å². The molecular weight excluding hydrogens is 306 g/mol. The first-order chi connectivity index (χ1) is 10.2. The molecule has 1 aliphatic carbocycles. The standard InChI is InChI=1S/C16H16ClNO2S/c1-20-15-7-4-11(17)9-14(15)16(19)18(12-5-6-12)10-13-3-2-8-21-13/h2-4,7-9,12H,5-6,10H2,1H3. The minimum absolute atomic E-state index is 0.00903. The van der Waals surface area contributed by atoms with Gasteiger partial charge in [0.1, 0.15) is 5.75 Å². The number of halogens is 1. The summed E-state index contributed by atoms with van der Waals surface area (Å²) in [4.78, 5) is 16.0. The maximum Gasteiger partial charge on any atom is 0.258 e. The molecule has 0 N–H and O–H groups in total. The Morgan fingerprint density at radius 3 is 2.86 bits per heavy atom. The van der Waals surface area contributed by atoms with Gasteiger partial charge in [-0.2, -0.15) is 0 Å². The smallest absolute Gasteiger partial charge is 0.258 e. The minimum Gasteiger partial charge on any atom is -0.496 e. The van der Waals surface area contributed by atoms with Crippen LogP contribution < -0.4 is 4.74 Å². The Labute approximate surface area is 133 Å². The lowest BCUT2D eigenvalue weighted by Gasteiger charge is -2.23. The number of ether oxygens (including phenoxy) is 1. The normalized spacial score (nSPS) is 14.0. The van der Waals surface area contributed by atoms with Gasteiger partial charge >= 0.3 is 0 Å². The van der Waals surface area contributed by atoms with Gasteiger partial charge in [0.15, 0.2) is 0 Å². The molecule has 1 aromatic carbocycles. The highest BCUT2D eigenvalue weighted by atomic mass is 35.5. The van der Waals surface area contributed by atoms with E-state index in [2.05, 4.69) is 6.07 Å². The van der Waals surface area contributed by atoms with Crippen LogP contribution in [0, 0.1) is 0 Å². The Bertz CT molecular complexity index is 638. The van der Waals surface area contributed by atoms with Crippen LogP contribution >= 0.6 is 22.9 Å². The number of hydrogen-bond acceptors (Lipinski definition) is 3. The Morgan fingerprint density at radius 1 is 1.43 bits per heavy atom. The van der Waals surface area contributed by atoms with Crippen molar-refractivity contribution in [2.24, 2.45) is 0 Å². The zero-order valence-electron chi connectivity index (χ0n) is 11.7. The number of rotatable bonds is 5. The summed E-state index contributed by atoms with van der Waals surface area (Å²) in [6.45, 7) is 0.650. The summed E-state index contributed by atoms with van der Waals surface area (Å²) in [5.74, 6) is 0.562. The molecule has 1 saturated carbocycles. The maximum atomic E-state index is 12.9. The minimum atomic E-state index is -0.00903. The van der Waals surface area contributed by atoms with Gasteiger partial charge in [-0.25, -0.2) is 0 Å². The van der Waals surface area contributed by atoms with Crippen LogP contribution in [-0.2, 0) is 6.54 Å². The predicted molar refractivity (Wildman–Crippen MR) is 85.2 cm³/mol. The van der Waals surface area contributed by atoms with Crippen molar-refractivity contribution in [2.45, 2.75) is 25.4 Å². The number of methoxy groups -OCH3 is 1. The molecule has 0 aliphatic heterocycles. The zero-order chi connectivity index (χ0) is 14.8. The second-order valence-corrected chi connectivity index (χ2v) is 6.56. The highest BCUT2D eigenvalue weighted by molar-refractivity contribution is 7.09. The maximum absolute atomic E-state index is 12.9. The molecule has 0 saturated heterocycles. The average Bonchev–Trinajstić information content (AvgIpc) is 3.20. The third-order valence-corrected chi connectivity index (χ3v) is 4.64. The highest BCUT2D eigenvalue weighted by Crippen LogP contribution is 2.33. The van der Waals surface area contributed by atoms with Gasteiger partial charge < -0.3 is 9.64 Å². The molecule has 110 valence electrons. The van der Waals surface area contributed by atoms with Crippen LogP contribution in [0.1, 0.15) is 28.1 Å². The van der Waals surface area contributed by atoms with Gasteiger partial charge in [0.25, 0.3) is 5.91 Å². The molecule has 0 radical (unpaired) electrons. The second-order valence-electron chi connectivity index (χ2n) is 5.09. The number of nitrogens with zero attached hydrogens (tertiary/aromatic N) is 1. The van der Waals surface area contributed by atoms with E-state index in [0.717, 1.165) is 12.8 Å². The first kappa shape index (κ1) is 14.4. The fourth-order valence-electron chi connectivity index (χ4n) is 2.33. The van der Waals surface area contributed by atoms with Crippen LogP contribution in [0.15, 0.2) is 35.7 Å². The third-order valence-electron chi connectivity index (χ3n) is 3.55. The summed E-state index contributed by atoms with van der Waals surface area (Å²) < 4.78 is 5.30. The molecule has 0 unspecified atom stereocenters. The predicted octanol–water partition coefficient (Wildman–Crippen LogP) is 4.21. The van der Waals surface area contributed by atoms with Crippen molar-refractivity contribution in [3.63, 3.8) is 0 Å². The average molecular weight is 322 g/mol. The Kier molecular flexibility index (Phi) is 4.17. The Hall–Kier alpha value is -1.52. The lowest BCUT2D eigenvalue weighted by molar-refractivity contribution is 0.0728. The Balaban J connectivity index is 1.89. The van der Waals surface area contributed by atoms with Crippen molar-refractivity contribution in [3.8, 4) is 5.75 Å². The molecular formula is C16H16ClNO2S. The molecule has 1 amide bonds. The summed E-state index contributed by atoms with van der Waals surface area (Å²) in [6, 6.07) is 9.57. The van der Waals surface area contributed by atoms with Gasteiger partial charge in [0.2, 0.25) is 0 Å². The fourth-order valence-corrected chi connectivity index (χ4v) is 3.20. The zero-order valence-corrected chi connectivity index (χ0v) is 13.3. The van der Waals surface area contributed by atoms with E-state index in [4.69, 9.17) is 16.3 Å². The van der Waals surface area contributed by atoms with Crippen molar-refractivity contribution in [1.82, 2.24) is 4.90 Å². The van der Waals surface area contributed by atoms with Crippen LogP contribution in [0.2, 0.25) is 5.02 Å². The van der Waals surface area contributed by atoms with E-state index in [1.54, 1.807) is 36.6 Å². The number of thiophene rings is 1. The fraction of sp³-hybridized carbons (Fsp3) is 0.312. The molecule has 1 aromatic heterocycles. The summed E-state index contributed by atoms with van der Waals surface area (Å²) in [5.41, 5.74) is 0.536. The van der Waals surface area contributed by atoms with E-state index in [9.17, 15) is 4.79 Å². The monoisotopic (exact) mass is 321 g/mol. The molecule has 3 rings (SSSR count). The molecule has 1 aliphatic rings. The van der Waals surface area contributed by atoms with Gasteiger partial charge in [-0.15, -0.1) is 11.3 Å². The number of benzene rings is 1. The van der Waals surface area contributed by atoms with Gasteiger partial charge in [-0.1, -0.05) is 17.7 Å². The molecule has 1 fully saturated rings. The first-order valence-electron chi connectivity index (χ1n) is 6.86. The number of carbonyl (C=O) groups is 1.